The summed E-state index contributed by atoms with van der Waals surface area (Å²) in [5.74, 6) is -0.275. The third kappa shape index (κ3) is 2.17. The first-order chi connectivity index (χ1) is 9.17. The van der Waals surface area contributed by atoms with Crippen LogP contribution in [0.25, 0.3) is 20.9 Å². The van der Waals surface area contributed by atoms with E-state index >= 15 is 0 Å². The van der Waals surface area contributed by atoms with Gasteiger partial charge in [0.15, 0.2) is 0 Å². The van der Waals surface area contributed by atoms with Gasteiger partial charge in [-0.1, -0.05) is 11.3 Å². The Bertz CT molecular complexity index is 752. The highest BCUT2D eigenvalue weighted by atomic mass is 32.1. The average molecular weight is 273 g/mol. The number of aryl methyl sites for hydroxylation is 1. The number of halogens is 1. The number of pyridine rings is 1. The average Bonchev–Trinajstić information content (AvgIpc) is 2.81. The maximum absolute atomic E-state index is 13.8. The van der Waals surface area contributed by atoms with Crippen molar-refractivity contribution in [1.82, 2.24) is 9.97 Å². The summed E-state index contributed by atoms with van der Waals surface area (Å²) < 4.78 is 13.8. The van der Waals surface area contributed by atoms with Crippen molar-refractivity contribution in [3.8, 4) is 10.6 Å². The van der Waals surface area contributed by atoms with Crippen LogP contribution in [0.4, 0.5) is 10.1 Å². The Morgan fingerprint density at radius 2 is 2.00 bits per heavy atom. The summed E-state index contributed by atoms with van der Waals surface area (Å²) in [4.78, 5) is 9.80. The van der Waals surface area contributed by atoms with Crippen LogP contribution in [0.2, 0.25) is 0 Å². The van der Waals surface area contributed by atoms with Gasteiger partial charge in [-0.25, -0.2) is 14.4 Å². The number of nitrogens with one attached hydrogen (secondary N) is 1. The molecule has 0 bridgehead atoms. The lowest BCUT2D eigenvalue weighted by atomic mass is 10.2. The Morgan fingerprint density at radius 3 is 2.74 bits per heavy atom. The van der Waals surface area contributed by atoms with Crippen molar-refractivity contribution in [3.05, 3.63) is 41.8 Å². The van der Waals surface area contributed by atoms with E-state index in [-0.39, 0.29) is 5.82 Å². The van der Waals surface area contributed by atoms with E-state index < -0.39 is 0 Å². The Balaban J connectivity index is 2.11. The van der Waals surface area contributed by atoms with Crippen molar-refractivity contribution < 1.29 is 4.39 Å². The molecule has 1 N–H and O–H groups in total. The fraction of sp³-hybridized carbons (Fsp3) is 0.143. The number of rotatable bonds is 2. The molecular weight excluding hydrogens is 261 g/mol. The molecule has 1 aromatic carbocycles. The molecule has 2 aromatic heterocycles. The molecule has 3 rings (SSSR count). The molecule has 0 amide bonds. The second-order valence-corrected chi connectivity index (χ2v) is 5.22. The maximum atomic E-state index is 13.8. The van der Waals surface area contributed by atoms with Crippen LogP contribution < -0.4 is 5.32 Å². The first kappa shape index (κ1) is 12.0. The molecule has 96 valence electrons. The number of anilines is 1. The van der Waals surface area contributed by atoms with Gasteiger partial charge in [0, 0.05) is 18.3 Å². The van der Waals surface area contributed by atoms with Crippen LogP contribution in [0.5, 0.6) is 0 Å². The predicted molar refractivity (Wildman–Crippen MR) is 77.1 cm³/mol. The minimum absolute atomic E-state index is 0.275. The van der Waals surface area contributed by atoms with Gasteiger partial charge in [0.1, 0.15) is 21.2 Å². The van der Waals surface area contributed by atoms with E-state index in [9.17, 15) is 4.39 Å². The van der Waals surface area contributed by atoms with E-state index in [1.165, 1.54) is 17.4 Å². The molecule has 2 heterocycles. The summed E-state index contributed by atoms with van der Waals surface area (Å²) in [6.45, 7) is 1.94. The van der Waals surface area contributed by atoms with Crippen LogP contribution >= 0.6 is 11.3 Å². The Hall–Kier alpha value is -2.01. The highest BCUT2D eigenvalue weighted by Crippen LogP contribution is 2.30. The number of thiazole rings is 1. The fourth-order valence-corrected chi connectivity index (χ4v) is 2.86. The normalized spacial score (nSPS) is 10.9. The number of hydrogen-bond donors (Lipinski definition) is 1. The van der Waals surface area contributed by atoms with Gasteiger partial charge in [-0.15, -0.1) is 0 Å². The quantitative estimate of drug-likeness (QED) is 0.770. The molecule has 0 unspecified atom stereocenters. The number of hydrogen-bond acceptors (Lipinski definition) is 4. The topological polar surface area (TPSA) is 37.8 Å². The molecule has 0 spiro atoms. The molecule has 0 aliphatic heterocycles. The summed E-state index contributed by atoms with van der Waals surface area (Å²) in [5, 5.41) is 3.59. The zero-order valence-electron chi connectivity index (χ0n) is 10.6. The van der Waals surface area contributed by atoms with Gasteiger partial charge in [0.2, 0.25) is 0 Å². The SMILES string of the molecule is CNc1ccc(-c2nc3ccc(C)nc3s2)cc1F. The number of benzene rings is 1. The van der Waals surface area contributed by atoms with Gasteiger partial charge in [-0.2, -0.15) is 0 Å². The van der Waals surface area contributed by atoms with E-state index in [1.807, 2.05) is 25.1 Å². The second kappa shape index (κ2) is 4.59. The predicted octanol–water partition coefficient (Wildman–Crippen LogP) is 3.85. The van der Waals surface area contributed by atoms with Gasteiger partial charge in [-0.05, 0) is 37.3 Å². The summed E-state index contributed by atoms with van der Waals surface area (Å²) in [7, 11) is 1.70. The molecule has 3 aromatic rings. The summed E-state index contributed by atoms with van der Waals surface area (Å²) >= 11 is 1.48. The van der Waals surface area contributed by atoms with Crippen LogP contribution in [0.3, 0.4) is 0 Å². The van der Waals surface area contributed by atoms with Gasteiger partial charge in [-0.3, -0.25) is 0 Å². The van der Waals surface area contributed by atoms with Crippen LogP contribution in [-0.2, 0) is 0 Å². The van der Waals surface area contributed by atoms with Crippen molar-refractivity contribution in [1.29, 1.82) is 0 Å². The molecule has 19 heavy (non-hydrogen) atoms. The minimum atomic E-state index is -0.275. The Morgan fingerprint density at radius 1 is 1.16 bits per heavy atom. The number of fused-ring (bicyclic) bond motifs is 1. The Labute approximate surface area is 114 Å². The number of aromatic nitrogens is 2. The molecule has 0 radical (unpaired) electrons. The van der Waals surface area contributed by atoms with E-state index in [4.69, 9.17) is 0 Å². The van der Waals surface area contributed by atoms with E-state index in [1.54, 1.807) is 13.1 Å². The summed E-state index contributed by atoms with van der Waals surface area (Å²) in [6, 6.07) is 8.94. The van der Waals surface area contributed by atoms with Crippen molar-refractivity contribution in [2.45, 2.75) is 6.92 Å². The lowest BCUT2D eigenvalue weighted by molar-refractivity contribution is 0.632. The van der Waals surface area contributed by atoms with Gasteiger partial charge >= 0.3 is 0 Å². The first-order valence-corrected chi connectivity index (χ1v) is 6.71. The zero-order valence-corrected chi connectivity index (χ0v) is 11.4. The van der Waals surface area contributed by atoms with Crippen molar-refractivity contribution in [2.75, 3.05) is 12.4 Å². The molecular formula is C14H12FN3S. The lowest BCUT2D eigenvalue weighted by Crippen LogP contribution is -1.92. The Kier molecular flexibility index (Phi) is 2.91. The molecule has 0 atom stereocenters. The van der Waals surface area contributed by atoms with E-state index in [0.717, 1.165) is 26.6 Å². The number of nitrogens with zero attached hydrogens (tertiary/aromatic N) is 2. The van der Waals surface area contributed by atoms with Crippen LogP contribution in [0.15, 0.2) is 30.3 Å². The smallest absolute Gasteiger partial charge is 0.146 e. The highest BCUT2D eigenvalue weighted by molar-refractivity contribution is 7.21. The van der Waals surface area contributed by atoms with Crippen LogP contribution in [-0.4, -0.2) is 17.0 Å². The van der Waals surface area contributed by atoms with Crippen LogP contribution in [0, 0.1) is 12.7 Å². The second-order valence-electron chi connectivity index (χ2n) is 4.24. The van der Waals surface area contributed by atoms with Crippen molar-refractivity contribution in [3.63, 3.8) is 0 Å². The first-order valence-electron chi connectivity index (χ1n) is 5.89. The molecule has 0 saturated carbocycles. The minimum Gasteiger partial charge on any atom is -0.386 e. The van der Waals surface area contributed by atoms with Crippen molar-refractivity contribution >= 4 is 27.4 Å². The van der Waals surface area contributed by atoms with Gasteiger partial charge < -0.3 is 5.32 Å². The molecule has 0 aliphatic rings. The fourth-order valence-electron chi connectivity index (χ4n) is 1.88. The summed E-state index contributed by atoms with van der Waals surface area (Å²) in [6.07, 6.45) is 0. The summed E-state index contributed by atoms with van der Waals surface area (Å²) in [5.41, 5.74) is 3.07. The molecule has 0 saturated heterocycles. The largest absolute Gasteiger partial charge is 0.386 e. The van der Waals surface area contributed by atoms with Gasteiger partial charge in [0.05, 0.1) is 5.69 Å². The molecule has 3 nitrogen and oxygen atoms in total. The van der Waals surface area contributed by atoms with E-state index in [2.05, 4.69) is 15.3 Å². The lowest BCUT2D eigenvalue weighted by Gasteiger charge is -2.03. The zero-order chi connectivity index (χ0) is 13.4. The molecule has 5 heteroatoms. The van der Waals surface area contributed by atoms with E-state index in [0.29, 0.717) is 5.69 Å². The molecule has 0 aliphatic carbocycles. The third-order valence-electron chi connectivity index (χ3n) is 2.88. The third-order valence-corrected chi connectivity index (χ3v) is 3.89. The standard InChI is InChI=1S/C14H12FN3S/c1-8-3-5-12-14(17-8)19-13(18-12)9-4-6-11(16-2)10(15)7-9/h3-7,16H,1-2H3. The maximum Gasteiger partial charge on any atom is 0.146 e. The monoisotopic (exact) mass is 273 g/mol. The van der Waals surface area contributed by atoms with Gasteiger partial charge in [0.25, 0.3) is 0 Å². The van der Waals surface area contributed by atoms with Crippen LogP contribution in [0.1, 0.15) is 5.69 Å². The highest BCUT2D eigenvalue weighted by Gasteiger charge is 2.09. The van der Waals surface area contributed by atoms with Crippen molar-refractivity contribution in [2.24, 2.45) is 0 Å². The molecule has 0 fully saturated rings.